The van der Waals surface area contributed by atoms with Gasteiger partial charge in [0.05, 0.1) is 11.9 Å². The summed E-state index contributed by atoms with van der Waals surface area (Å²) in [7, 11) is -3.29. The average Bonchev–Trinajstić information content (AvgIpc) is 2.66. The van der Waals surface area contributed by atoms with Crippen LogP contribution in [-0.4, -0.2) is 27.2 Å². The highest BCUT2D eigenvalue weighted by molar-refractivity contribution is 7.92. The molecular weight excluding hydrogens is 398 g/mol. The molecule has 0 aliphatic carbocycles. The lowest BCUT2D eigenvalue weighted by atomic mass is 9.85. The quantitative estimate of drug-likeness (QED) is 0.689. The molecule has 7 heteroatoms. The maximum atomic E-state index is 12.3. The molecule has 0 radical (unpaired) electrons. The van der Waals surface area contributed by atoms with Gasteiger partial charge in [-0.15, -0.1) is 0 Å². The van der Waals surface area contributed by atoms with Gasteiger partial charge in [0.15, 0.2) is 0 Å². The van der Waals surface area contributed by atoms with Crippen molar-refractivity contribution in [3.8, 4) is 0 Å². The van der Waals surface area contributed by atoms with E-state index in [-0.39, 0.29) is 11.4 Å². The molecule has 0 spiro atoms. The Bertz CT molecular complexity index is 1100. The first-order valence-electron chi connectivity index (χ1n) is 9.66. The number of carbonyl (C=O) groups is 1. The minimum Gasteiger partial charge on any atom is -0.334 e. The van der Waals surface area contributed by atoms with Gasteiger partial charge >= 0.3 is 6.03 Å². The second kappa shape index (κ2) is 8.36. The van der Waals surface area contributed by atoms with E-state index in [9.17, 15) is 13.2 Å². The lowest BCUT2D eigenvalue weighted by Gasteiger charge is -2.26. The van der Waals surface area contributed by atoms with Crippen LogP contribution in [0.1, 0.15) is 37.5 Å². The summed E-state index contributed by atoms with van der Waals surface area (Å²) in [4.78, 5) is 13.9. The van der Waals surface area contributed by atoms with E-state index in [2.05, 4.69) is 36.9 Å². The third-order valence-electron chi connectivity index (χ3n) is 4.61. The molecule has 0 bridgehead atoms. The third-order valence-corrected chi connectivity index (χ3v) is 5.22. The van der Waals surface area contributed by atoms with Crippen LogP contribution in [0.2, 0.25) is 0 Å². The Morgan fingerprint density at radius 2 is 1.70 bits per heavy atom. The van der Waals surface area contributed by atoms with Crippen molar-refractivity contribution in [1.82, 2.24) is 5.32 Å². The molecule has 0 saturated carbocycles. The number of nitrogens with one attached hydrogen (secondary N) is 2. The summed E-state index contributed by atoms with van der Waals surface area (Å²) in [6, 6.07) is 13.1. The Kier molecular flexibility index (Phi) is 6.03. The van der Waals surface area contributed by atoms with Crippen molar-refractivity contribution in [2.24, 2.45) is 0 Å². The van der Waals surface area contributed by atoms with Gasteiger partial charge in [0.25, 0.3) is 0 Å². The first-order valence-corrected chi connectivity index (χ1v) is 11.6. The van der Waals surface area contributed by atoms with Crippen LogP contribution in [0.15, 0.2) is 54.7 Å². The van der Waals surface area contributed by atoms with Crippen molar-refractivity contribution >= 4 is 39.6 Å². The molecule has 2 aromatic carbocycles. The van der Waals surface area contributed by atoms with Gasteiger partial charge in [0.2, 0.25) is 10.0 Å². The first-order chi connectivity index (χ1) is 14.0. The molecule has 0 atom stereocenters. The maximum Gasteiger partial charge on any atom is 0.326 e. The molecule has 1 aliphatic heterocycles. The number of hydrogen-bond acceptors (Lipinski definition) is 3. The molecule has 1 heterocycles. The first kappa shape index (κ1) is 21.6. The normalized spacial score (nSPS) is 14.8. The summed E-state index contributed by atoms with van der Waals surface area (Å²) < 4.78 is 25.1. The number of urea groups is 1. The molecule has 6 nitrogen and oxygen atoms in total. The fraction of sp³-hybridized carbons (Fsp3) is 0.261. The van der Waals surface area contributed by atoms with Crippen LogP contribution in [-0.2, 0) is 15.4 Å². The monoisotopic (exact) mass is 425 g/mol. The van der Waals surface area contributed by atoms with Crippen molar-refractivity contribution < 1.29 is 13.2 Å². The predicted octanol–water partition coefficient (Wildman–Crippen LogP) is 4.57. The molecule has 1 aliphatic rings. The number of carbonyl (C=O) groups excluding carboxylic acids is 1. The lowest BCUT2D eigenvalue weighted by Crippen LogP contribution is -2.40. The van der Waals surface area contributed by atoms with E-state index in [1.165, 1.54) is 0 Å². The Morgan fingerprint density at radius 1 is 1.03 bits per heavy atom. The van der Waals surface area contributed by atoms with E-state index in [1.54, 1.807) is 23.2 Å². The van der Waals surface area contributed by atoms with E-state index in [0.29, 0.717) is 12.2 Å². The molecule has 2 amide bonds. The molecule has 0 fully saturated rings. The van der Waals surface area contributed by atoms with Crippen molar-refractivity contribution in [2.75, 3.05) is 22.4 Å². The van der Waals surface area contributed by atoms with Crippen molar-refractivity contribution in [3.05, 3.63) is 71.4 Å². The second-order valence-electron chi connectivity index (χ2n) is 8.33. The van der Waals surface area contributed by atoms with Crippen LogP contribution >= 0.6 is 0 Å². The number of sulfonamides is 1. The van der Waals surface area contributed by atoms with Crippen LogP contribution in [0, 0.1) is 0 Å². The zero-order valence-electron chi connectivity index (χ0n) is 17.6. The Balaban J connectivity index is 1.91. The SMILES string of the molecule is CC(C)(C)c1cc(C=Cc2ccc(NS(C)(=O)=O)cc2)cc(N2C=CCNC2=O)c1. The van der Waals surface area contributed by atoms with Gasteiger partial charge < -0.3 is 5.32 Å². The molecule has 2 aromatic rings. The summed E-state index contributed by atoms with van der Waals surface area (Å²) >= 11 is 0. The Hall–Kier alpha value is -3.06. The number of anilines is 2. The fourth-order valence-electron chi connectivity index (χ4n) is 3.03. The van der Waals surface area contributed by atoms with Gasteiger partial charge in [-0.2, -0.15) is 0 Å². The molecule has 2 N–H and O–H groups in total. The highest BCUT2D eigenvalue weighted by Crippen LogP contribution is 2.30. The summed E-state index contributed by atoms with van der Waals surface area (Å²) in [6.07, 6.45) is 8.78. The van der Waals surface area contributed by atoms with Crippen molar-refractivity contribution in [1.29, 1.82) is 0 Å². The maximum absolute atomic E-state index is 12.3. The topological polar surface area (TPSA) is 78.5 Å². The summed E-state index contributed by atoms with van der Waals surface area (Å²) in [6.45, 7) is 6.95. The zero-order valence-corrected chi connectivity index (χ0v) is 18.5. The molecule has 0 aromatic heterocycles. The Morgan fingerprint density at radius 3 is 2.30 bits per heavy atom. The number of benzene rings is 2. The van der Waals surface area contributed by atoms with Gasteiger partial charge in [0, 0.05) is 18.4 Å². The smallest absolute Gasteiger partial charge is 0.326 e. The molecule has 0 unspecified atom stereocenters. The standard InChI is InChI=1S/C23H27N3O3S/c1-23(2,3)19-14-18(15-21(16-19)26-13-5-12-24-22(26)27)7-6-17-8-10-20(11-9-17)25-30(4,28)29/h5-11,13-16,25H,12H2,1-4H3,(H,24,27). The van der Waals surface area contributed by atoms with E-state index < -0.39 is 10.0 Å². The van der Waals surface area contributed by atoms with Gasteiger partial charge in [0.1, 0.15) is 0 Å². The number of amides is 2. The van der Waals surface area contributed by atoms with Crippen LogP contribution in [0.5, 0.6) is 0 Å². The molecule has 0 saturated heterocycles. The minimum absolute atomic E-state index is 0.0759. The van der Waals surface area contributed by atoms with E-state index in [4.69, 9.17) is 0 Å². The highest BCUT2D eigenvalue weighted by atomic mass is 32.2. The fourth-order valence-corrected chi connectivity index (χ4v) is 3.60. The number of rotatable bonds is 5. The highest BCUT2D eigenvalue weighted by Gasteiger charge is 2.20. The van der Waals surface area contributed by atoms with Gasteiger partial charge in [-0.3, -0.25) is 9.62 Å². The molecular formula is C23H27N3O3S. The van der Waals surface area contributed by atoms with Crippen LogP contribution in [0.3, 0.4) is 0 Å². The van der Waals surface area contributed by atoms with E-state index in [0.717, 1.165) is 28.6 Å². The summed E-state index contributed by atoms with van der Waals surface area (Å²) in [5.41, 5.74) is 4.29. The predicted molar refractivity (Wildman–Crippen MR) is 124 cm³/mol. The van der Waals surface area contributed by atoms with E-state index >= 15 is 0 Å². The van der Waals surface area contributed by atoms with Gasteiger partial charge in [-0.25, -0.2) is 13.2 Å². The van der Waals surface area contributed by atoms with E-state index in [1.807, 2.05) is 42.5 Å². The number of nitrogens with zero attached hydrogens (tertiary/aromatic N) is 1. The molecule has 3 rings (SSSR count). The van der Waals surface area contributed by atoms with Crippen LogP contribution < -0.4 is 14.9 Å². The van der Waals surface area contributed by atoms with Crippen molar-refractivity contribution in [3.63, 3.8) is 0 Å². The van der Waals surface area contributed by atoms with Crippen LogP contribution in [0.4, 0.5) is 16.2 Å². The lowest BCUT2D eigenvalue weighted by molar-refractivity contribution is 0.248. The largest absolute Gasteiger partial charge is 0.334 e. The second-order valence-corrected chi connectivity index (χ2v) is 10.1. The van der Waals surface area contributed by atoms with Gasteiger partial charge in [-0.05, 0) is 52.4 Å². The van der Waals surface area contributed by atoms with Gasteiger partial charge in [-0.1, -0.05) is 51.1 Å². The average molecular weight is 426 g/mol. The number of hydrogen-bond donors (Lipinski definition) is 2. The summed E-state index contributed by atoms with van der Waals surface area (Å²) in [5, 5.41) is 2.82. The van der Waals surface area contributed by atoms with Crippen molar-refractivity contribution in [2.45, 2.75) is 26.2 Å². The minimum atomic E-state index is -3.29. The third kappa shape index (κ3) is 5.73. The summed E-state index contributed by atoms with van der Waals surface area (Å²) in [5.74, 6) is 0. The molecule has 30 heavy (non-hydrogen) atoms. The van der Waals surface area contributed by atoms with Crippen LogP contribution in [0.25, 0.3) is 12.2 Å². The Labute approximate surface area is 178 Å². The zero-order chi connectivity index (χ0) is 21.9. The molecule has 158 valence electrons.